The quantitative estimate of drug-likeness (QED) is 0.602. The monoisotopic (exact) mass is 464 g/mol. The number of halogens is 2. The maximum atomic E-state index is 14.7. The van der Waals surface area contributed by atoms with E-state index in [2.05, 4.69) is 15.1 Å². The molecule has 0 bridgehead atoms. The molecule has 2 N–H and O–H groups in total. The summed E-state index contributed by atoms with van der Waals surface area (Å²) in [7, 11) is 0. The highest BCUT2D eigenvalue weighted by molar-refractivity contribution is 6.49. The molecule has 174 valence electrons. The molecule has 0 radical (unpaired) electrons. The Bertz CT molecular complexity index is 1350. The summed E-state index contributed by atoms with van der Waals surface area (Å²) in [6.45, 7) is 7.34. The van der Waals surface area contributed by atoms with E-state index in [1.807, 2.05) is 19.9 Å². The fourth-order valence-electron chi connectivity index (χ4n) is 3.72. The second kappa shape index (κ2) is 8.40. The molecule has 3 aromatic rings. The molecule has 1 aliphatic rings. The van der Waals surface area contributed by atoms with Gasteiger partial charge in [-0.25, -0.2) is 8.78 Å². The summed E-state index contributed by atoms with van der Waals surface area (Å²) in [6.07, 6.45) is 2.78. The summed E-state index contributed by atoms with van der Waals surface area (Å²) in [6, 6.07) is 7.63. The van der Waals surface area contributed by atoms with Gasteiger partial charge in [0.1, 0.15) is 17.2 Å². The molecule has 9 heteroatoms. The van der Waals surface area contributed by atoms with Crippen molar-refractivity contribution < 1.29 is 23.2 Å². The van der Waals surface area contributed by atoms with Crippen molar-refractivity contribution in [2.75, 3.05) is 0 Å². The molecule has 0 atom stereocenters. The van der Waals surface area contributed by atoms with Crippen molar-refractivity contribution in [3.05, 3.63) is 71.1 Å². The van der Waals surface area contributed by atoms with Crippen LogP contribution >= 0.6 is 0 Å². The average Bonchev–Trinajstić information content (AvgIpc) is 3.06. The molecule has 1 aromatic heterocycles. The molecule has 0 saturated heterocycles. The number of rotatable bonds is 5. The van der Waals surface area contributed by atoms with Crippen molar-refractivity contribution in [3.8, 4) is 22.5 Å². The number of ketones is 1. The van der Waals surface area contributed by atoms with E-state index in [1.54, 1.807) is 26.0 Å². The zero-order chi connectivity index (χ0) is 24.8. The number of carbonyl (C=O) groups excluding carboxylic acids is 2. The Kier molecular flexibility index (Phi) is 5.72. The lowest BCUT2D eigenvalue weighted by Gasteiger charge is -2.15. The number of Topliss-reactive ketones (excluding diaryl/α,β-unsaturated/α-hetero) is 1. The Hall–Kier alpha value is -4.01. The number of amides is 1. The molecule has 0 fully saturated rings. The van der Waals surface area contributed by atoms with Crippen molar-refractivity contribution in [1.82, 2.24) is 9.97 Å². The second-order valence-corrected chi connectivity index (χ2v) is 8.76. The summed E-state index contributed by atoms with van der Waals surface area (Å²) in [5.74, 6) is -3.45. The Morgan fingerprint density at radius 1 is 1.03 bits per heavy atom. The third-order valence-electron chi connectivity index (χ3n) is 5.62. The molecule has 7 nitrogen and oxygen atoms in total. The summed E-state index contributed by atoms with van der Waals surface area (Å²) in [5.41, 5.74) is 6.22. The highest BCUT2D eigenvalue weighted by atomic mass is 19.1. The van der Waals surface area contributed by atoms with Crippen LogP contribution in [0.4, 0.5) is 8.78 Å². The number of primary amides is 1. The average molecular weight is 464 g/mol. The van der Waals surface area contributed by atoms with Crippen LogP contribution in [-0.2, 0) is 9.63 Å². The number of hydrogen-bond acceptors (Lipinski definition) is 6. The Morgan fingerprint density at radius 3 is 2.21 bits per heavy atom. The van der Waals surface area contributed by atoms with E-state index in [-0.39, 0.29) is 28.7 Å². The lowest BCUT2D eigenvalue weighted by Crippen LogP contribution is -2.33. The minimum absolute atomic E-state index is 0.0997. The van der Waals surface area contributed by atoms with Gasteiger partial charge in [-0.05, 0) is 43.5 Å². The van der Waals surface area contributed by atoms with Crippen LogP contribution in [0.5, 0.6) is 0 Å². The van der Waals surface area contributed by atoms with E-state index in [0.29, 0.717) is 11.3 Å². The first kappa shape index (κ1) is 23.2. The first-order chi connectivity index (χ1) is 16.0. The fraction of sp³-hybridized carbons (Fsp3) is 0.240. The van der Waals surface area contributed by atoms with Gasteiger partial charge >= 0.3 is 0 Å². The third-order valence-corrected chi connectivity index (χ3v) is 5.62. The van der Waals surface area contributed by atoms with E-state index in [1.165, 1.54) is 18.5 Å². The lowest BCUT2D eigenvalue weighted by molar-refractivity contribution is -0.128. The largest absolute Gasteiger partial charge is 0.381 e. The molecule has 2 aromatic carbocycles. The van der Waals surface area contributed by atoms with Gasteiger partial charge in [0.05, 0.1) is 23.8 Å². The first-order valence-corrected chi connectivity index (χ1v) is 10.6. The van der Waals surface area contributed by atoms with Crippen molar-refractivity contribution >= 4 is 17.4 Å². The molecule has 0 spiro atoms. The van der Waals surface area contributed by atoms with Gasteiger partial charge in [-0.15, -0.1) is 0 Å². The summed E-state index contributed by atoms with van der Waals surface area (Å²) >= 11 is 0. The number of aromatic nitrogens is 2. The minimum Gasteiger partial charge on any atom is -0.381 e. The zero-order valence-corrected chi connectivity index (χ0v) is 19.0. The Labute approximate surface area is 194 Å². The minimum atomic E-state index is -1.21. The van der Waals surface area contributed by atoms with Crippen LogP contribution in [0.1, 0.15) is 55.1 Å². The molecule has 2 heterocycles. The van der Waals surface area contributed by atoms with Crippen LogP contribution in [0.3, 0.4) is 0 Å². The van der Waals surface area contributed by atoms with Crippen LogP contribution in [0.25, 0.3) is 22.5 Å². The van der Waals surface area contributed by atoms with Gasteiger partial charge in [-0.1, -0.05) is 31.1 Å². The molecular weight excluding hydrogens is 442 g/mol. The summed E-state index contributed by atoms with van der Waals surface area (Å²) in [5, 5.41) is 3.96. The molecule has 1 amide bonds. The van der Waals surface area contributed by atoms with E-state index in [9.17, 15) is 18.4 Å². The molecule has 0 saturated carbocycles. The van der Waals surface area contributed by atoms with Crippen molar-refractivity contribution in [3.63, 3.8) is 0 Å². The van der Waals surface area contributed by atoms with Gasteiger partial charge in [0.25, 0.3) is 5.91 Å². The fourth-order valence-corrected chi connectivity index (χ4v) is 3.72. The number of hydrogen-bond donors (Lipinski definition) is 1. The molecule has 4 rings (SSSR count). The molecule has 34 heavy (non-hydrogen) atoms. The van der Waals surface area contributed by atoms with Crippen LogP contribution < -0.4 is 5.73 Å². The number of nitrogens with zero attached hydrogens (tertiary/aromatic N) is 3. The van der Waals surface area contributed by atoms with Crippen LogP contribution in [0, 0.1) is 11.6 Å². The predicted molar refractivity (Wildman–Crippen MR) is 122 cm³/mol. The van der Waals surface area contributed by atoms with Crippen molar-refractivity contribution in [2.45, 2.75) is 39.2 Å². The van der Waals surface area contributed by atoms with E-state index < -0.39 is 28.7 Å². The summed E-state index contributed by atoms with van der Waals surface area (Å²) in [4.78, 5) is 38.1. The maximum absolute atomic E-state index is 14.7. The van der Waals surface area contributed by atoms with Crippen LogP contribution in [-0.4, -0.2) is 33.0 Å². The Morgan fingerprint density at radius 2 is 1.68 bits per heavy atom. The molecule has 0 aliphatic carbocycles. The van der Waals surface area contributed by atoms with Crippen molar-refractivity contribution in [1.29, 1.82) is 0 Å². The van der Waals surface area contributed by atoms with Gasteiger partial charge < -0.3 is 10.6 Å². The number of nitrogens with two attached hydrogens (primary N) is 1. The predicted octanol–water partition coefficient (Wildman–Crippen LogP) is 4.39. The third kappa shape index (κ3) is 3.93. The normalized spacial score (nSPS) is 14.8. The summed E-state index contributed by atoms with van der Waals surface area (Å²) < 4.78 is 28.5. The SMILES string of the molecule is CC(C)c1ccc(C2=NOC(C)(C)C2=O)cc1-c1cnc(-c2ccc(F)c(C(N)=O)c2F)cn1. The number of oxime groups is 1. The topological polar surface area (TPSA) is 108 Å². The molecule has 0 unspecified atom stereocenters. The first-order valence-electron chi connectivity index (χ1n) is 10.6. The van der Waals surface area contributed by atoms with Gasteiger partial charge in [0.15, 0.2) is 11.3 Å². The van der Waals surface area contributed by atoms with Gasteiger partial charge in [0.2, 0.25) is 5.78 Å². The number of carbonyl (C=O) groups is 2. The second-order valence-electron chi connectivity index (χ2n) is 8.76. The molecule has 1 aliphatic heterocycles. The standard InChI is InChI=1S/C25H22F2N4O3/c1-12(2)14-6-5-13(22-23(32)25(3,4)34-31-22)9-16(14)19-11-29-18(10-30-19)15-7-8-17(26)20(21(15)27)24(28)33/h5-12H,1-4H3,(H2,28,33). The molecular formula is C25H22F2N4O3. The zero-order valence-electron chi connectivity index (χ0n) is 19.0. The lowest BCUT2D eigenvalue weighted by atomic mass is 9.90. The highest BCUT2D eigenvalue weighted by Gasteiger charge is 2.40. The van der Waals surface area contributed by atoms with Gasteiger partial charge in [0, 0.05) is 16.7 Å². The van der Waals surface area contributed by atoms with Gasteiger partial charge in [-0.2, -0.15) is 0 Å². The number of benzene rings is 2. The van der Waals surface area contributed by atoms with E-state index in [4.69, 9.17) is 10.6 Å². The van der Waals surface area contributed by atoms with E-state index in [0.717, 1.165) is 17.2 Å². The van der Waals surface area contributed by atoms with Crippen molar-refractivity contribution in [2.24, 2.45) is 10.9 Å². The van der Waals surface area contributed by atoms with E-state index >= 15 is 0 Å². The van der Waals surface area contributed by atoms with Gasteiger partial charge in [-0.3, -0.25) is 19.6 Å². The maximum Gasteiger partial charge on any atom is 0.254 e. The Balaban J connectivity index is 1.77. The van der Waals surface area contributed by atoms with Crippen LogP contribution in [0.2, 0.25) is 0 Å². The smallest absolute Gasteiger partial charge is 0.254 e. The van der Waals surface area contributed by atoms with Crippen LogP contribution in [0.15, 0.2) is 47.9 Å². The highest BCUT2D eigenvalue weighted by Crippen LogP contribution is 2.32.